The summed E-state index contributed by atoms with van der Waals surface area (Å²) in [5, 5.41) is 0. The number of nitrogens with zero attached hydrogens (tertiary/aromatic N) is 2. The number of amides is 2. The maximum atomic E-state index is 13.3. The molecule has 0 fully saturated rings. The van der Waals surface area contributed by atoms with Gasteiger partial charge in [0, 0.05) is 30.0 Å². The van der Waals surface area contributed by atoms with E-state index in [1.807, 2.05) is 54.5 Å². The summed E-state index contributed by atoms with van der Waals surface area (Å²) in [6.45, 7) is 15.7. The van der Waals surface area contributed by atoms with Crippen LogP contribution in [0.5, 0.6) is 0 Å². The standard InChI is InChI=1S/C24H37BrN2O4/c1-10-11-19-18(14-26(9)21(28)30-23(3,4)5)17-13-16(25)12-15(2)20(17)27(19)22(29)31-24(6,7)8/h12-13,18-19H,10-11,14H2,1-9H3. The Bertz CT molecular complexity index is 826. The molecule has 6 nitrogen and oxygen atoms in total. The number of carbonyl (C=O) groups is 2. The topological polar surface area (TPSA) is 59.1 Å². The van der Waals surface area contributed by atoms with Gasteiger partial charge in [-0.3, -0.25) is 4.90 Å². The molecule has 0 spiro atoms. The highest BCUT2D eigenvalue weighted by molar-refractivity contribution is 9.10. The highest BCUT2D eigenvalue weighted by Crippen LogP contribution is 2.47. The summed E-state index contributed by atoms with van der Waals surface area (Å²) in [6.07, 6.45) is 0.995. The zero-order valence-corrected chi connectivity index (χ0v) is 21.9. The van der Waals surface area contributed by atoms with Gasteiger partial charge < -0.3 is 14.4 Å². The Hall–Kier alpha value is -1.76. The normalized spacial score (nSPS) is 18.6. The van der Waals surface area contributed by atoms with Crippen molar-refractivity contribution in [2.75, 3.05) is 18.5 Å². The maximum absolute atomic E-state index is 13.3. The van der Waals surface area contributed by atoms with Crippen LogP contribution in [0.2, 0.25) is 0 Å². The molecule has 0 aliphatic carbocycles. The molecule has 2 unspecified atom stereocenters. The third kappa shape index (κ3) is 6.37. The van der Waals surface area contributed by atoms with Gasteiger partial charge in [0.1, 0.15) is 11.2 Å². The smallest absolute Gasteiger partial charge is 0.415 e. The van der Waals surface area contributed by atoms with Crippen molar-refractivity contribution in [2.45, 2.75) is 91.4 Å². The summed E-state index contributed by atoms with van der Waals surface area (Å²) >= 11 is 3.60. The van der Waals surface area contributed by atoms with Crippen LogP contribution >= 0.6 is 15.9 Å². The number of fused-ring (bicyclic) bond motifs is 1. The predicted octanol–water partition coefficient (Wildman–Crippen LogP) is 6.63. The number of ether oxygens (including phenoxy) is 2. The van der Waals surface area contributed by atoms with Crippen molar-refractivity contribution < 1.29 is 19.1 Å². The van der Waals surface area contributed by atoms with Crippen molar-refractivity contribution in [3.05, 3.63) is 27.7 Å². The van der Waals surface area contributed by atoms with Crippen LogP contribution in [-0.2, 0) is 9.47 Å². The first-order chi connectivity index (χ1) is 14.1. The van der Waals surface area contributed by atoms with Crippen molar-refractivity contribution in [3.8, 4) is 0 Å². The van der Waals surface area contributed by atoms with Gasteiger partial charge >= 0.3 is 12.2 Å². The van der Waals surface area contributed by atoms with Crippen molar-refractivity contribution in [1.29, 1.82) is 0 Å². The molecule has 0 N–H and O–H groups in total. The van der Waals surface area contributed by atoms with Gasteiger partial charge in [0.05, 0.1) is 5.69 Å². The van der Waals surface area contributed by atoms with E-state index in [1.165, 1.54) is 0 Å². The monoisotopic (exact) mass is 496 g/mol. The number of rotatable bonds is 4. The van der Waals surface area contributed by atoms with Crippen LogP contribution < -0.4 is 4.90 Å². The zero-order chi connectivity index (χ0) is 23.7. The number of anilines is 1. The predicted molar refractivity (Wildman–Crippen MR) is 128 cm³/mol. The molecule has 2 atom stereocenters. The molecular formula is C24H37BrN2O4. The van der Waals surface area contributed by atoms with Crippen molar-refractivity contribution >= 4 is 33.8 Å². The van der Waals surface area contributed by atoms with Crippen LogP contribution in [0.1, 0.15) is 78.4 Å². The lowest BCUT2D eigenvalue weighted by atomic mass is 9.91. The molecule has 174 valence electrons. The summed E-state index contributed by atoms with van der Waals surface area (Å²) in [7, 11) is 1.75. The molecule has 1 aromatic carbocycles. The van der Waals surface area contributed by atoms with E-state index in [-0.39, 0.29) is 24.1 Å². The largest absolute Gasteiger partial charge is 0.444 e. The SMILES string of the molecule is CCCC1C(CN(C)C(=O)OC(C)(C)C)c2cc(Br)cc(C)c2N1C(=O)OC(C)(C)C. The molecule has 0 radical (unpaired) electrons. The number of benzene rings is 1. The molecule has 7 heteroatoms. The first kappa shape index (κ1) is 25.5. The minimum Gasteiger partial charge on any atom is -0.444 e. The van der Waals surface area contributed by atoms with Crippen molar-refractivity contribution in [3.63, 3.8) is 0 Å². The van der Waals surface area contributed by atoms with E-state index < -0.39 is 11.2 Å². The lowest BCUT2D eigenvalue weighted by Gasteiger charge is -2.33. The molecule has 0 saturated heterocycles. The van der Waals surface area contributed by atoms with E-state index in [0.717, 1.165) is 34.1 Å². The molecule has 0 saturated carbocycles. The van der Waals surface area contributed by atoms with Crippen molar-refractivity contribution in [1.82, 2.24) is 4.90 Å². The third-order valence-electron chi connectivity index (χ3n) is 5.08. The summed E-state index contributed by atoms with van der Waals surface area (Å²) in [6, 6.07) is 3.97. The molecule has 0 bridgehead atoms. The number of hydrogen-bond donors (Lipinski definition) is 0. The van der Waals surface area contributed by atoms with E-state index in [0.29, 0.717) is 6.54 Å². The highest BCUT2D eigenvalue weighted by Gasteiger charge is 2.44. The fourth-order valence-electron chi connectivity index (χ4n) is 4.02. The average Bonchev–Trinajstić information content (AvgIpc) is 2.86. The lowest BCUT2D eigenvalue weighted by Crippen LogP contribution is -2.45. The Morgan fingerprint density at radius 2 is 1.68 bits per heavy atom. The highest BCUT2D eigenvalue weighted by atomic mass is 79.9. The van der Waals surface area contributed by atoms with Gasteiger partial charge in [0.25, 0.3) is 0 Å². The van der Waals surface area contributed by atoms with Gasteiger partial charge in [0.2, 0.25) is 0 Å². The second-order valence-corrected chi connectivity index (χ2v) is 11.2. The molecular weight excluding hydrogens is 460 g/mol. The van der Waals surface area contributed by atoms with E-state index in [4.69, 9.17) is 9.47 Å². The Morgan fingerprint density at radius 3 is 2.19 bits per heavy atom. The molecule has 0 aromatic heterocycles. The van der Waals surface area contributed by atoms with Crippen LogP contribution in [0.4, 0.5) is 15.3 Å². The summed E-state index contributed by atoms with van der Waals surface area (Å²) in [4.78, 5) is 29.3. The molecule has 2 rings (SSSR count). The Labute approximate surface area is 195 Å². The third-order valence-corrected chi connectivity index (χ3v) is 5.54. The quantitative estimate of drug-likeness (QED) is 0.469. The number of likely N-dealkylation sites (N-methyl/N-ethyl adjacent to an activating group) is 1. The van der Waals surface area contributed by atoms with Crippen LogP contribution in [0.3, 0.4) is 0 Å². The van der Waals surface area contributed by atoms with Crippen molar-refractivity contribution in [2.24, 2.45) is 0 Å². The first-order valence-electron chi connectivity index (χ1n) is 10.9. The van der Waals surface area contributed by atoms with E-state index in [9.17, 15) is 9.59 Å². The summed E-state index contributed by atoms with van der Waals surface area (Å²) in [5.74, 6) is -0.0452. The van der Waals surface area contributed by atoms with Crippen LogP contribution in [0, 0.1) is 6.92 Å². The lowest BCUT2D eigenvalue weighted by molar-refractivity contribution is 0.0285. The maximum Gasteiger partial charge on any atom is 0.415 e. The average molecular weight is 497 g/mol. The second kappa shape index (κ2) is 9.39. The summed E-state index contributed by atoms with van der Waals surface area (Å²) in [5.41, 5.74) is 1.77. The fourth-order valence-corrected chi connectivity index (χ4v) is 4.61. The molecule has 1 aliphatic heterocycles. The number of aryl methyl sites for hydroxylation is 1. The minimum atomic E-state index is -0.595. The Balaban J connectivity index is 2.48. The van der Waals surface area contributed by atoms with E-state index in [1.54, 1.807) is 16.8 Å². The van der Waals surface area contributed by atoms with Crippen LogP contribution in [0.25, 0.3) is 0 Å². The zero-order valence-electron chi connectivity index (χ0n) is 20.3. The van der Waals surface area contributed by atoms with Crippen LogP contribution in [0.15, 0.2) is 16.6 Å². The van der Waals surface area contributed by atoms with Gasteiger partial charge in [-0.05, 0) is 78.1 Å². The van der Waals surface area contributed by atoms with Crippen LogP contribution in [-0.4, -0.2) is 47.9 Å². The van der Waals surface area contributed by atoms with Gasteiger partial charge in [-0.15, -0.1) is 0 Å². The Kier molecular flexibility index (Phi) is 7.72. The molecule has 1 aromatic rings. The minimum absolute atomic E-state index is 0.0452. The number of halogens is 1. The van der Waals surface area contributed by atoms with Gasteiger partial charge in [-0.1, -0.05) is 29.3 Å². The van der Waals surface area contributed by atoms with Gasteiger partial charge in [-0.2, -0.15) is 0 Å². The Morgan fingerprint density at radius 1 is 1.10 bits per heavy atom. The first-order valence-corrected chi connectivity index (χ1v) is 11.7. The molecule has 1 heterocycles. The van der Waals surface area contributed by atoms with E-state index >= 15 is 0 Å². The number of carbonyl (C=O) groups excluding carboxylic acids is 2. The van der Waals surface area contributed by atoms with E-state index in [2.05, 4.69) is 28.9 Å². The van der Waals surface area contributed by atoms with Gasteiger partial charge in [-0.25, -0.2) is 9.59 Å². The fraction of sp³-hybridized carbons (Fsp3) is 0.667. The second-order valence-electron chi connectivity index (χ2n) is 10.3. The molecule has 1 aliphatic rings. The molecule has 31 heavy (non-hydrogen) atoms. The summed E-state index contributed by atoms with van der Waals surface area (Å²) < 4.78 is 12.3. The number of hydrogen-bond acceptors (Lipinski definition) is 4. The van der Waals surface area contributed by atoms with Gasteiger partial charge in [0.15, 0.2) is 0 Å². The molecule has 2 amide bonds.